The van der Waals surface area contributed by atoms with Crippen LogP contribution in [0.4, 0.5) is 10.1 Å². The van der Waals surface area contributed by atoms with Gasteiger partial charge in [-0.05, 0) is 30.7 Å². The molecule has 104 valence electrons. The molecule has 0 fully saturated rings. The maximum atomic E-state index is 13.3. The molecule has 0 bridgehead atoms. The van der Waals surface area contributed by atoms with Gasteiger partial charge < -0.3 is 15.3 Å². The number of pyridine rings is 1. The van der Waals surface area contributed by atoms with E-state index in [-0.39, 0.29) is 12.5 Å². The van der Waals surface area contributed by atoms with Crippen LogP contribution < -0.4 is 14.8 Å². The Morgan fingerprint density at radius 1 is 1.40 bits per heavy atom. The first-order chi connectivity index (χ1) is 9.56. The first-order valence-electron chi connectivity index (χ1n) is 5.93. The van der Waals surface area contributed by atoms with E-state index in [0.717, 1.165) is 0 Å². The van der Waals surface area contributed by atoms with Crippen LogP contribution in [0.15, 0.2) is 42.6 Å². The van der Waals surface area contributed by atoms with E-state index in [1.54, 1.807) is 31.2 Å². The number of aryl methyl sites for hydroxylation is 1. The summed E-state index contributed by atoms with van der Waals surface area (Å²) in [7, 11) is 0. The zero-order valence-electron chi connectivity index (χ0n) is 10.8. The summed E-state index contributed by atoms with van der Waals surface area (Å²) >= 11 is 0. The summed E-state index contributed by atoms with van der Waals surface area (Å²) in [5.41, 5.74) is 0.834. The molecule has 2 aromatic rings. The maximum Gasteiger partial charge on any atom is 0.379 e. The third kappa shape index (κ3) is 3.44. The number of ether oxygens (including phenoxy) is 1. The van der Waals surface area contributed by atoms with Gasteiger partial charge >= 0.3 is 5.88 Å². The number of carbonyl (C=O) groups excluding carboxylic acids is 1. The molecule has 1 heterocycles. The summed E-state index contributed by atoms with van der Waals surface area (Å²) in [4.78, 5) is 11.6. The van der Waals surface area contributed by atoms with Crippen molar-refractivity contribution in [2.24, 2.45) is 0 Å². The topological polar surface area (TPSA) is 65.3 Å². The Labute approximate surface area is 115 Å². The van der Waals surface area contributed by atoms with Gasteiger partial charge in [-0.25, -0.2) is 4.39 Å². The lowest BCUT2D eigenvalue weighted by Gasteiger charge is -2.07. The predicted octanol–water partition coefficient (Wildman–Crippen LogP) is 1.79. The van der Waals surface area contributed by atoms with Crippen molar-refractivity contribution in [1.82, 2.24) is 0 Å². The molecule has 0 atom stereocenters. The number of halogens is 1. The Hall–Kier alpha value is -2.63. The lowest BCUT2D eigenvalue weighted by atomic mass is 10.2. The molecule has 2 rings (SSSR count). The molecule has 20 heavy (non-hydrogen) atoms. The predicted molar refractivity (Wildman–Crippen MR) is 70.7 cm³/mol. The number of hydrogen-bond donors (Lipinski definition) is 1. The summed E-state index contributed by atoms with van der Waals surface area (Å²) in [6.45, 7) is 1.30. The summed E-state index contributed by atoms with van der Waals surface area (Å²) in [5.74, 6) is -0.848. The van der Waals surface area contributed by atoms with Crippen molar-refractivity contribution in [3.63, 3.8) is 0 Å². The van der Waals surface area contributed by atoms with Crippen molar-refractivity contribution in [2.45, 2.75) is 6.92 Å². The average Bonchev–Trinajstić information content (AvgIpc) is 2.42. The Kier molecular flexibility index (Phi) is 4.14. The van der Waals surface area contributed by atoms with E-state index in [0.29, 0.717) is 16.0 Å². The maximum absolute atomic E-state index is 13.3. The second kappa shape index (κ2) is 6.01. The molecule has 0 radical (unpaired) electrons. The van der Waals surface area contributed by atoms with Crippen molar-refractivity contribution < 1.29 is 18.7 Å². The molecule has 1 aromatic carbocycles. The highest BCUT2D eigenvalue weighted by atomic mass is 19.1. The second-order valence-electron chi connectivity index (χ2n) is 4.17. The van der Waals surface area contributed by atoms with Crippen LogP contribution in [0.2, 0.25) is 0 Å². The molecule has 5 nitrogen and oxygen atoms in total. The van der Waals surface area contributed by atoms with Gasteiger partial charge in [-0.1, -0.05) is 6.07 Å². The fourth-order valence-corrected chi connectivity index (χ4v) is 1.53. The van der Waals surface area contributed by atoms with Crippen molar-refractivity contribution >= 4 is 11.6 Å². The lowest BCUT2D eigenvalue weighted by Crippen LogP contribution is -2.30. The van der Waals surface area contributed by atoms with Gasteiger partial charge in [0.1, 0.15) is 5.82 Å². The fraction of sp³-hybridized carbons (Fsp3) is 0.143. The van der Waals surface area contributed by atoms with Crippen molar-refractivity contribution in [1.29, 1.82) is 0 Å². The molecule has 1 N–H and O–H groups in total. The zero-order valence-corrected chi connectivity index (χ0v) is 10.8. The molecule has 0 aliphatic carbocycles. The Balaban J connectivity index is 1.93. The number of nitrogens with one attached hydrogen (secondary N) is 1. The third-order valence-corrected chi connectivity index (χ3v) is 2.60. The molecule has 0 saturated carbocycles. The minimum absolute atomic E-state index is 0.0257. The van der Waals surface area contributed by atoms with E-state index >= 15 is 0 Å². The molecule has 0 aliphatic rings. The Morgan fingerprint density at radius 2 is 2.20 bits per heavy atom. The van der Waals surface area contributed by atoms with Crippen molar-refractivity contribution in [3.05, 3.63) is 59.2 Å². The average molecular weight is 276 g/mol. The minimum Gasteiger partial charge on any atom is -0.616 e. The second-order valence-corrected chi connectivity index (χ2v) is 4.17. The molecule has 0 spiro atoms. The van der Waals surface area contributed by atoms with Gasteiger partial charge in [0.15, 0.2) is 12.8 Å². The molecular weight excluding hydrogens is 263 g/mol. The third-order valence-electron chi connectivity index (χ3n) is 2.60. The highest BCUT2D eigenvalue weighted by Gasteiger charge is 2.09. The minimum atomic E-state index is -0.475. The first kappa shape index (κ1) is 13.8. The summed E-state index contributed by atoms with van der Waals surface area (Å²) in [5, 5.41) is 13.8. The number of aromatic nitrogens is 1. The Bertz CT molecular complexity index is 632. The normalized spacial score (nSPS) is 10.1. The standard InChI is InChI=1S/C14H13FN2O3/c1-10-5-6-11(8-12(10)15)16-13(18)9-20-14-4-2-3-7-17(14)19/h2-8H,9H2,1H3,(H,16,18). The quantitative estimate of drug-likeness (QED) is 0.684. The molecule has 1 aromatic heterocycles. The van der Waals surface area contributed by atoms with E-state index in [1.807, 2.05) is 0 Å². The first-order valence-corrected chi connectivity index (χ1v) is 5.93. The number of rotatable bonds is 4. The monoisotopic (exact) mass is 276 g/mol. The van der Waals surface area contributed by atoms with Crippen LogP contribution >= 0.6 is 0 Å². The van der Waals surface area contributed by atoms with E-state index in [9.17, 15) is 14.4 Å². The molecular formula is C14H13FN2O3. The van der Waals surface area contributed by atoms with Gasteiger partial charge in [-0.3, -0.25) is 4.79 Å². The van der Waals surface area contributed by atoms with Crippen molar-refractivity contribution in [2.75, 3.05) is 11.9 Å². The smallest absolute Gasteiger partial charge is 0.379 e. The number of nitrogens with zero attached hydrogens (tertiary/aromatic N) is 1. The van der Waals surface area contributed by atoms with Gasteiger partial charge in [0.25, 0.3) is 5.91 Å². The summed E-state index contributed by atoms with van der Waals surface area (Å²) < 4.78 is 18.9. The number of benzene rings is 1. The fourth-order valence-electron chi connectivity index (χ4n) is 1.53. The molecule has 0 aliphatic heterocycles. The number of amides is 1. The Morgan fingerprint density at radius 3 is 2.90 bits per heavy atom. The SMILES string of the molecule is Cc1ccc(NC(=O)COc2cccc[n+]2[O-])cc1F. The van der Waals surface area contributed by atoms with E-state index in [2.05, 4.69) is 5.32 Å². The molecule has 0 saturated heterocycles. The summed E-state index contributed by atoms with van der Waals surface area (Å²) in [6, 6.07) is 9.00. The highest BCUT2D eigenvalue weighted by molar-refractivity contribution is 5.91. The van der Waals surface area contributed by atoms with Crippen LogP contribution in [0.1, 0.15) is 5.56 Å². The van der Waals surface area contributed by atoms with Gasteiger partial charge in [0.05, 0.1) is 6.07 Å². The van der Waals surface area contributed by atoms with Gasteiger partial charge in [-0.2, -0.15) is 0 Å². The van der Waals surface area contributed by atoms with Crippen molar-refractivity contribution in [3.8, 4) is 5.88 Å². The van der Waals surface area contributed by atoms with E-state index in [4.69, 9.17) is 4.74 Å². The molecule has 1 amide bonds. The largest absolute Gasteiger partial charge is 0.616 e. The number of carbonyl (C=O) groups is 1. The summed E-state index contributed by atoms with van der Waals surface area (Å²) in [6.07, 6.45) is 1.27. The van der Waals surface area contributed by atoms with Crippen LogP contribution in [-0.2, 0) is 4.79 Å². The van der Waals surface area contributed by atoms with Crippen LogP contribution in [0.25, 0.3) is 0 Å². The zero-order chi connectivity index (χ0) is 14.5. The van der Waals surface area contributed by atoms with Crippen LogP contribution in [-0.4, -0.2) is 12.5 Å². The van der Waals surface area contributed by atoms with Crippen LogP contribution in [0.3, 0.4) is 0 Å². The molecule has 6 heteroatoms. The molecule has 0 unspecified atom stereocenters. The van der Waals surface area contributed by atoms with E-state index < -0.39 is 11.7 Å². The number of hydrogen-bond acceptors (Lipinski definition) is 3. The van der Waals surface area contributed by atoms with Gasteiger partial charge in [0.2, 0.25) is 0 Å². The van der Waals surface area contributed by atoms with Crippen LogP contribution in [0.5, 0.6) is 5.88 Å². The van der Waals surface area contributed by atoms with Gasteiger partial charge in [0, 0.05) is 11.8 Å². The van der Waals surface area contributed by atoms with Gasteiger partial charge in [-0.15, -0.1) is 4.73 Å². The van der Waals surface area contributed by atoms with E-state index in [1.165, 1.54) is 18.3 Å². The lowest BCUT2D eigenvalue weighted by molar-refractivity contribution is -0.612. The highest BCUT2D eigenvalue weighted by Crippen LogP contribution is 2.13. The number of anilines is 1. The van der Waals surface area contributed by atoms with Crippen LogP contribution in [0, 0.1) is 17.9 Å².